The molecule has 98 valence electrons. The van der Waals surface area contributed by atoms with Crippen LogP contribution in [-0.4, -0.2) is 13.1 Å². The molecule has 1 aromatic rings. The first kappa shape index (κ1) is 13.1. The highest BCUT2D eigenvalue weighted by Gasteiger charge is 2.37. The molecule has 1 aliphatic rings. The van der Waals surface area contributed by atoms with Crippen LogP contribution in [-0.2, 0) is 9.53 Å². The predicted octanol–water partition coefficient (Wildman–Crippen LogP) is 3.87. The van der Waals surface area contributed by atoms with Crippen molar-refractivity contribution >= 4 is 5.97 Å². The topological polar surface area (TPSA) is 26.3 Å². The van der Waals surface area contributed by atoms with Crippen molar-refractivity contribution in [2.45, 2.75) is 44.9 Å². The van der Waals surface area contributed by atoms with E-state index in [2.05, 4.69) is 38.1 Å². The minimum absolute atomic E-state index is 0.0546. The van der Waals surface area contributed by atoms with E-state index in [9.17, 15) is 4.79 Å². The van der Waals surface area contributed by atoms with Crippen molar-refractivity contribution in [3.05, 3.63) is 35.4 Å². The second kappa shape index (κ2) is 5.55. The Kier molecular flexibility index (Phi) is 4.05. The molecular weight excluding hydrogens is 224 g/mol. The maximum Gasteiger partial charge on any atom is 0.313 e. The summed E-state index contributed by atoms with van der Waals surface area (Å²) < 4.78 is 4.93. The Morgan fingerprint density at radius 3 is 2.28 bits per heavy atom. The molecule has 1 aromatic carbocycles. The minimum atomic E-state index is -0.0891. The standard InChI is InChI=1S/C16H22O2/c1-4-11(2)12-5-7-13(8-6-12)15(14-9-10-14)16(17)18-3/h5-8,11,14-15H,4,9-10H2,1-3H3. The number of ether oxygens (including phenoxy) is 1. The number of rotatable bonds is 5. The van der Waals surface area contributed by atoms with Gasteiger partial charge < -0.3 is 4.74 Å². The molecule has 0 radical (unpaired) electrons. The van der Waals surface area contributed by atoms with E-state index in [1.165, 1.54) is 12.7 Å². The average Bonchev–Trinajstić information content (AvgIpc) is 3.23. The fraction of sp³-hybridized carbons (Fsp3) is 0.562. The highest BCUT2D eigenvalue weighted by molar-refractivity contribution is 5.79. The largest absolute Gasteiger partial charge is 0.469 e. The molecule has 0 aromatic heterocycles. The Labute approximate surface area is 109 Å². The Morgan fingerprint density at radius 1 is 1.28 bits per heavy atom. The molecule has 2 rings (SSSR count). The van der Waals surface area contributed by atoms with Gasteiger partial charge in [0.2, 0.25) is 0 Å². The van der Waals surface area contributed by atoms with E-state index in [1.54, 1.807) is 0 Å². The lowest BCUT2D eigenvalue weighted by Gasteiger charge is -2.16. The van der Waals surface area contributed by atoms with E-state index < -0.39 is 0 Å². The number of hydrogen-bond acceptors (Lipinski definition) is 2. The summed E-state index contributed by atoms with van der Waals surface area (Å²) in [6.45, 7) is 4.42. The van der Waals surface area contributed by atoms with Gasteiger partial charge in [0.25, 0.3) is 0 Å². The molecule has 1 fully saturated rings. The summed E-state index contributed by atoms with van der Waals surface area (Å²) in [6, 6.07) is 8.51. The molecule has 1 aliphatic carbocycles. The van der Waals surface area contributed by atoms with Gasteiger partial charge in [-0.05, 0) is 42.2 Å². The molecule has 0 bridgehead atoms. The van der Waals surface area contributed by atoms with Crippen molar-refractivity contribution in [1.82, 2.24) is 0 Å². The van der Waals surface area contributed by atoms with Crippen LogP contribution in [0, 0.1) is 5.92 Å². The summed E-state index contributed by atoms with van der Waals surface area (Å²) in [5.41, 5.74) is 2.46. The summed E-state index contributed by atoms with van der Waals surface area (Å²) in [7, 11) is 1.48. The average molecular weight is 246 g/mol. The van der Waals surface area contributed by atoms with Crippen molar-refractivity contribution < 1.29 is 9.53 Å². The normalized spacial score (nSPS) is 18.2. The third kappa shape index (κ3) is 2.74. The molecule has 0 aliphatic heterocycles. The van der Waals surface area contributed by atoms with Gasteiger partial charge >= 0.3 is 5.97 Å². The lowest BCUT2D eigenvalue weighted by molar-refractivity contribution is -0.143. The van der Waals surface area contributed by atoms with Crippen molar-refractivity contribution in [3.8, 4) is 0 Å². The van der Waals surface area contributed by atoms with Crippen LogP contribution in [0.5, 0.6) is 0 Å². The molecule has 0 heterocycles. The van der Waals surface area contributed by atoms with Crippen molar-refractivity contribution in [1.29, 1.82) is 0 Å². The Hall–Kier alpha value is -1.31. The van der Waals surface area contributed by atoms with Crippen LogP contribution >= 0.6 is 0 Å². The van der Waals surface area contributed by atoms with E-state index >= 15 is 0 Å². The van der Waals surface area contributed by atoms with E-state index in [0.717, 1.165) is 24.8 Å². The van der Waals surface area contributed by atoms with Gasteiger partial charge in [0, 0.05) is 0 Å². The Bertz CT molecular complexity index is 404. The first-order chi connectivity index (χ1) is 8.67. The SMILES string of the molecule is CCC(C)c1ccc(C(C(=O)OC)C2CC2)cc1. The monoisotopic (exact) mass is 246 g/mol. The molecule has 2 nitrogen and oxygen atoms in total. The molecule has 0 N–H and O–H groups in total. The molecule has 2 unspecified atom stereocenters. The van der Waals surface area contributed by atoms with E-state index in [-0.39, 0.29) is 11.9 Å². The highest BCUT2D eigenvalue weighted by atomic mass is 16.5. The molecule has 0 spiro atoms. The van der Waals surface area contributed by atoms with Crippen molar-refractivity contribution in [2.75, 3.05) is 7.11 Å². The van der Waals surface area contributed by atoms with Gasteiger partial charge in [0.1, 0.15) is 0 Å². The van der Waals surface area contributed by atoms with Crippen LogP contribution < -0.4 is 0 Å². The van der Waals surface area contributed by atoms with Crippen LogP contribution in [0.1, 0.15) is 56.1 Å². The second-order valence-corrected chi connectivity index (χ2v) is 5.31. The van der Waals surface area contributed by atoms with E-state index in [4.69, 9.17) is 4.74 Å². The van der Waals surface area contributed by atoms with Gasteiger partial charge in [-0.2, -0.15) is 0 Å². The summed E-state index contributed by atoms with van der Waals surface area (Å²) in [4.78, 5) is 11.8. The molecule has 2 atom stereocenters. The molecule has 0 saturated heterocycles. The van der Waals surface area contributed by atoms with Gasteiger partial charge in [-0.25, -0.2) is 0 Å². The molecule has 2 heteroatoms. The van der Waals surface area contributed by atoms with Gasteiger partial charge in [-0.1, -0.05) is 38.1 Å². The zero-order chi connectivity index (χ0) is 13.1. The van der Waals surface area contributed by atoms with Crippen LogP contribution in [0.2, 0.25) is 0 Å². The fourth-order valence-corrected chi connectivity index (χ4v) is 2.42. The Balaban J connectivity index is 2.18. The second-order valence-electron chi connectivity index (χ2n) is 5.31. The van der Waals surface area contributed by atoms with Gasteiger partial charge in [-0.3, -0.25) is 4.79 Å². The van der Waals surface area contributed by atoms with Crippen LogP contribution in [0.15, 0.2) is 24.3 Å². The predicted molar refractivity (Wildman–Crippen MR) is 72.6 cm³/mol. The van der Waals surface area contributed by atoms with Crippen molar-refractivity contribution in [3.63, 3.8) is 0 Å². The zero-order valence-electron chi connectivity index (χ0n) is 11.5. The van der Waals surface area contributed by atoms with Crippen molar-refractivity contribution in [2.24, 2.45) is 5.92 Å². The molecule has 0 amide bonds. The first-order valence-electron chi connectivity index (χ1n) is 6.85. The lowest BCUT2D eigenvalue weighted by Crippen LogP contribution is -2.16. The molecular formula is C16H22O2. The first-order valence-corrected chi connectivity index (χ1v) is 6.85. The summed E-state index contributed by atoms with van der Waals surface area (Å²) in [5, 5.41) is 0. The molecule has 18 heavy (non-hydrogen) atoms. The van der Waals surface area contributed by atoms with Gasteiger partial charge in [-0.15, -0.1) is 0 Å². The van der Waals surface area contributed by atoms with E-state index in [0.29, 0.717) is 11.8 Å². The number of carbonyl (C=O) groups excluding carboxylic acids is 1. The van der Waals surface area contributed by atoms with Crippen LogP contribution in [0.3, 0.4) is 0 Å². The number of benzene rings is 1. The maximum atomic E-state index is 11.8. The highest BCUT2D eigenvalue weighted by Crippen LogP contribution is 2.43. The number of carbonyl (C=O) groups is 1. The van der Waals surface area contributed by atoms with Gasteiger partial charge in [0.05, 0.1) is 13.0 Å². The van der Waals surface area contributed by atoms with Crippen LogP contribution in [0.4, 0.5) is 0 Å². The summed E-state index contributed by atoms with van der Waals surface area (Å²) in [5.74, 6) is 0.929. The summed E-state index contributed by atoms with van der Waals surface area (Å²) in [6.07, 6.45) is 3.43. The third-order valence-corrected chi connectivity index (χ3v) is 4.03. The van der Waals surface area contributed by atoms with Gasteiger partial charge in [0.15, 0.2) is 0 Å². The van der Waals surface area contributed by atoms with E-state index in [1.807, 2.05) is 0 Å². The smallest absolute Gasteiger partial charge is 0.313 e. The lowest BCUT2D eigenvalue weighted by atomic mass is 9.91. The number of methoxy groups -OCH3 is 1. The minimum Gasteiger partial charge on any atom is -0.469 e. The summed E-state index contributed by atoms with van der Waals surface area (Å²) >= 11 is 0. The van der Waals surface area contributed by atoms with Crippen LogP contribution in [0.25, 0.3) is 0 Å². The maximum absolute atomic E-state index is 11.8. The number of hydrogen-bond donors (Lipinski definition) is 0. The number of esters is 1. The quantitative estimate of drug-likeness (QED) is 0.737. The Morgan fingerprint density at radius 2 is 1.83 bits per heavy atom. The molecule has 1 saturated carbocycles. The third-order valence-electron chi connectivity index (χ3n) is 4.03. The zero-order valence-corrected chi connectivity index (χ0v) is 11.5. The fourth-order valence-electron chi connectivity index (χ4n) is 2.42.